The summed E-state index contributed by atoms with van der Waals surface area (Å²) in [6, 6.07) is 0. The summed E-state index contributed by atoms with van der Waals surface area (Å²) in [5.41, 5.74) is 1.01. The molecule has 0 aromatic carbocycles. The third-order valence-electron chi connectivity index (χ3n) is 1.31. The molecule has 0 unspecified atom stereocenters. The van der Waals surface area contributed by atoms with Crippen molar-refractivity contribution < 1.29 is 9.53 Å². The molecule has 0 bridgehead atoms. The van der Waals surface area contributed by atoms with E-state index in [9.17, 15) is 4.79 Å². The number of rotatable bonds is 1. The molecule has 0 aromatic heterocycles. The van der Waals surface area contributed by atoms with Gasteiger partial charge in [-0.05, 0) is 26.3 Å². The van der Waals surface area contributed by atoms with Gasteiger partial charge in [0.15, 0.2) is 0 Å². The lowest BCUT2D eigenvalue weighted by Crippen LogP contribution is -2.22. The molecular formula is C10H21NO2. The van der Waals surface area contributed by atoms with E-state index in [1.807, 2.05) is 27.7 Å². The zero-order valence-electron chi connectivity index (χ0n) is 9.76. The maximum atomic E-state index is 10.9. The van der Waals surface area contributed by atoms with Gasteiger partial charge in [0.25, 0.3) is 0 Å². The standard InChI is InChI=1S/C8H15NO2.C2H6/c1-6(2)7(3)11-8(10)9(4)5;1-2/h1-5H3;1-2H3. The fourth-order valence-electron chi connectivity index (χ4n) is 0.324. The van der Waals surface area contributed by atoms with Crippen molar-refractivity contribution >= 4 is 6.09 Å². The van der Waals surface area contributed by atoms with E-state index in [0.29, 0.717) is 5.76 Å². The van der Waals surface area contributed by atoms with Crippen molar-refractivity contribution in [1.29, 1.82) is 0 Å². The van der Waals surface area contributed by atoms with Gasteiger partial charge >= 0.3 is 6.09 Å². The Kier molecular flexibility index (Phi) is 8.55. The molecule has 0 aliphatic carbocycles. The highest BCUT2D eigenvalue weighted by Crippen LogP contribution is 2.04. The number of hydrogen-bond donors (Lipinski definition) is 0. The molecule has 0 N–H and O–H groups in total. The molecule has 3 heteroatoms. The quantitative estimate of drug-likeness (QED) is 0.590. The van der Waals surface area contributed by atoms with Gasteiger partial charge in [0.05, 0.1) is 0 Å². The number of carbonyl (C=O) groups is 1. The smallest absolute Gasteiger partial charge is 0.414 e. The van der Waals surface area contributed by atoms with E-state index in [1.54, 1.807) is 21.0 Å². The van der Waals surface area contributed by atoms with E-state index in [4.69, 9.17) is 4.74 Å². The molecule has 0 aliphatic heterocycles. The molecule has 0 saturated carbocycles. The molecule has 78 valence electrons. The SMILES string of the molecule is CC.CC(C)=C(C)OC(=O)N(C)C. The Morgan fingerprint density at radius 2 is 1.46 bits per heavy atom. The van der Waals surface area contributed by atoms with Crippen molar-refractivity contribution in [1.82, 2.24) is 4.90 Å². The molecule has 0 heterocycles. The topological polar surface area (TPSA) is 29.5 Å². The molecule has 0 fully saturated rings. The maximum absolute atomic E-state index is 10.9. The first-order valence-electron chi connectivity index (χ1n) is 4.48. The average Bonchev–Trinajstić information content (AvgIpc) is 2.07. The molecule has 0 spiro atoms. The van der Waals surface area contributed by atoms with Crippen molar-refractivity contribution in [3.05, 3.63) is 11.3 Å². The highest BCUT2D eigenvalue weighted by Gasteiger charge is 2.05. The fourth-order valence-corrected chi connectivity index (χ4v) is 0.324. The largest absolute Gasteiger partial charge is 0.415 e. The molecule has 1 amide bonds. The molecule has 0 rings (SSSR count). The Morgan fingerprint density at radius 1 is 1.08 bits per heavy atom. The molecule has 13 heavy (non-hydrogen) atoms. The first-order chi connectivity index (χ1) is 5.95. The summed E-state index contributed by atoms with van der Waals surface area (Å²) in [6.45, 7) is 9.58. The third-order valence-corrected chi connectivity index (χ3v) is 1.31. The van der Waals surface area contributed by atoms with Crippen LogP contribution in [0.1, 0.15) is 34.6 Å². The van der Waals surface area contributed by atoms with E-state index in [2.05, 4.69) is 0 Å². The second kappa shape index (κ2) is 7.65. The van der Waals surface area contributed by atoms with Gasteiger partial charge in [-0.15, -0.1) is 0 Å². The summed E-state index contributed by atoms with van der Waals surface area (Å²) in [4.78, 5) is 12.3. The normalized spacial score (nSPS) is 7.92. The molecule has 0 aromatic rings. The minimum absolute atomic E-state index is 0.330. The minimum Gasteiger partial charge on any atom is -0.415 e. The summed E-state index contributed by atoms with van der Waals surface area (Å²) in [6.07, 6.45) is -0.330. The van der Waals surface area contributed by atoms with Crippen LogP contribution >= 0.6 is 0 Å². The second-order valence-corrected chi connectivity index (χ2v) is 2.82. The van der Waals surface area contributed by atoms with Gasteiger partial charge < -0.3 is 9.64 Å². The highest BCUT2D eigenvalue weighted by atomic mass is 16.6. The number of allylic oxidation sites excluding steroid dienone is 2. The van der Waals surface area contributed by atoms with Gasteiger partial charge in [0.1, 0.15) is 5.76 Å². The maximum Gasteiger partial charge on any atom is 0.414 e. The summed E-state index contributed by atoms with van der Waals surface area (Å²) in [5.74, 6) is 0.670. The van der Waals surface area contributed by atoms with Gasteiger partial charge in [-0.2, -0.15) is 0 Å². The van der Waals surface area contributed by atoms with Crippen molar-refractivity contribution in [2.45, 2.75) is 34.6 Å². The summed E-state index contributed by atoms with van der Waals surface area (Å²) in [5, 5.41) is 0. The van der Waals surface area contributed by atoms with Crippen LogP contribution in [-0.4, -0.2) is 25.1 Å². The molecular weight excluding hydrogens is 166 g/mol. The van der Waals surface area contributed by atoms with Crippen LogP contribution in [0.3, 0.4) is 0 Å². The summed E-state index contributed by atoms with van der Waals surface area (Å²) in [7, 11) is 3.31. The van der Waals surface area contributed by atoms with Gasteiger partial charge in [0.2, 0.25) is 0 Å². The number of hydrogen-bond acceptors (Lipinski definition) is 2. The third kappa shape index (κ3) is 7.37. The van der Waals surface area contributed by atoms with Crippen molar-refractivity contribution in [2.24, 2.45) is 0 Å². The predicted octanol–water partition coefficient (Wildman–Crippen LogP) is 3.02. The summed E-state index contributed by atoms with van der Waals surface area (Å²) >= 11 is 0. The number of nitrogens with zero attached hydrogens (tertiary/aromatic N) is 1. The highest BCUT2D eigenvalue weighted by molar-refractivity contribution is 5.68. The molecule has 0 radical (unpaired) electrons. The minimum atomic E-state index is -0.330. The van der Waals surface area contributed by atoms with Crippen LogP contribution in [0.4, 0.5) is 4.79 Å². The predicted molar refractivity (Wildman–Crippen MR) is 55.6 cm³/mol. The van der Waals surface area contributed by atoms with Crippen LogP contribution in [0.2, 0.25) is 0 Å². The van der Waals surface area contributed by atoms with Crippen LogP contribution in [0, 0.1) is 0 Å². The lowest BCUT2D eigenvalue weighted by molar-refractivity contribution is 0.146. The van der Waals surface area contributed by atoms with E-state index in [0.717, 1.165) is 5.57 Å². The van der Waals surface area contributed by atoms with E-state index in [1.165, 1.54) is 4.90 Å². The Bertz CT molecular complexity index is 179. The Hall–Kier alpha value is -0.990. The van der Waals surface area contributed by atoms with E-state index in [-0.39, 0.29) is 6.09 Å². The van der Waals surface area contributed by atoms with Gasteiger partial charge in [-0.1, -0.05) is 13.8 Å². The van der Waals surface area contributed by atoms with Crippen LogP contribution in [0.5, 0.6) is 0 Å². The van der Waals surface area contributed by atoms with Crippen LogP contribution in [0.25, 0.3) is 0 Å². The Morgan fingerprint density at radius 3 is 1.69 bits per heavy atom. The first-order valence-corrected chi connectivity index (χ1v) is 4.48. The molecule has 0 aliphatic rings. The molecule has 0 saturated heterocycles. The lowest BCUT2D eigenvalue weighted by Gasteiger charge is -2.11. The zero-order chi connectivity index (χ0) is 11.0. The Labute approximate surface area is 81.4 Å². The zero-order valence-corrected chi connectivity index (χ0v) is 9.76. The van der Waals surface area contributed by atoms with Crippen molar-refractivity contribution in [3.8, 4) is 0 Å². The molecule has 3 nitrogen and oxygen atoms in total. The average molecular weight is 187 g/mol. The van der Waals surface area contributed by atoms with Crippen LogP contribution in [-0.2, 0) is 4.74 Å². The number of amides is 1. The summed E-state index contributed by atoms with van der Waals surface area (Å²) < 4.78 is 4.94. The lowest BCUT2D eigenvalue weighted by atomic mass is 10.3. The number of ether oxygens (including phenoxy) is 1. The fraction of sp³-hybridized carbons (Fsp3) is 0.700. The molecule has 0 atom stereocenters. The van der Waals surface area contributed by atoms with Gasteiger partial charge in [-0.25, -0.2) is 4.79 Å². The first kappa shape index (κ1) is 14.5. The van der Waals surface area contributed by atoms with Crippen molar-refractivity contribution in [3.63, 3.8) is 0 Å². The Balaban J connectivity index is 0. The second-order valence-electron chi connectivity index (χ2n) is 2.82. The van der Waals surface area contributed by atoms with Crippen molar-refractivity contribution in [2.75, 3.05) is 14.1 Å². The van der Waals surface area contributed by atoms with E-state index < -0.39 is 0 Å². The van der Waals surface area contributed by atoms with Gasteiger partial charge in [-0.3, -0.25) is 0 Å². The van der Waals surface area contributed by atoms with Gasteiger partial charge in [0, 0.05) is 14.1 Å². The monoisotopic (exact) mass is 187 g/mol. The number of carbonyl (C=O) groups excluding carboxylic acids is 1. The van der Waals surface area contributed by atoms with Crippen LogP contribution in [0.15, 0.2) is 11.3 Å². The van der Waals surface area contributed by atoms with E-state index >= 15 is 0 Å². The van der Waals surface area contributed by atoms with Crippen LogP contribution < -0.4 is 0 Å².